The molecule has 0 aromatic rings. The van der Waals surface area contributed by atoms with E-state index in [1.807, 2.05) is 0 Å². The predicted octanol–water partition coefficient (Wildman–Crippen LogP) is 6.40. The number of rotatable bonds is 14. The molecule has 0 atom stereocenters. The summed E-state index contributed by atoms with van der Waals surface area (Å²) in [5.41, 5.74) is 0. The quantitative estimate of drug-likeness (QED) is 0.201. The van der Waals surface area contributed by atoms with Crippen molar-refractivity contribution >= 4 is 0 Å². The molecule has 0 amide bonds. The van der Waals surface area contributed by atoms with Crippen molar-refractivity contribution in [3.63, 3.8) is 0 Å². The first-order valence-electron chi connectivity index (χ1n) is 8.24. The van der Waals surface area contributed by atoms with Crippen LogP contribution < -0.4 is 0 Å². The maximum atomic E-state index is 4.87. The SMILES string of the molecule is CCCC/C=C/CCCCCCCCC/C=C/OC. The van der Waals surface area contributed by atoms with Crippen molar-refractivity contribution in [2.45, 2.75) is 84.0 Å². The summed E-state index contributed by atoms with van der Waals surface area (Å²) >= 11 is 0. The Balaban J connectivity index is 3.02. The molecule has 0 spiro atoms. The molecule has 0 aromatic heterocycles. The highest BCUT2D eigenvalue weighted by molar-refractivity contribution is 4.81. The maximum Gasteiger partial charge on any atom is 0.0784 e. The number of hydrogen-bond donors (Lipinski definition) is 0. The Bertz CT molecular complexity index is 206. The van der Waals surface area contributed by atoms with Gasteiger partial charge in [-0.1, -0.05) is 64.0 Å². The lowest BCUT2D eigenvalue weighted by Gasteiger charge is -2.00. The van der Waals surface area contributed by atoms with Crippen LogP contribution >= 0.6 is 0 Å². The van der Waals surface area contributed by atoms with E-state index in [2.05, 4.69) is 25.2 Å². The second-order valence-corrected chi connectivity index (χ2v) is 5.27. The maximum absolute atomic E-state index is 4.87. The topological polar surface area (TPSA) is 9.23 Å². The van der Waals surface area contributed by atoms with Crippen molar-refractivity contribution in [3.8, 4) is 0 Å². The summed E-state index contributed by atoms with van der Waals surface area (Å²) < 4.78 is 4.87. The van der Waals surface area contributed by atoms with Crippen LogP contribution in [-0.2, 0) is 4.74 Å². The van der Waals surface area contributed by atoms with Crippen molar-refractivity contribution in [1.29, 1.82) is 0 Å². The van der Waals surface area contributed by atoms with Crippen LogP contribution in [0.15, 0.2) is 24.5 Å². The van der Waals surface area contributed by atoms with Crippen molar-refractivity contribution in [3.05, 3.63) is 24.5 Å². The average Bonchev–Trinajstić information content (AvgIpc) is 2.43. The highest BCUT2D eigenvalue weighted by atomic mass is 16.5. The van der Waals surface area contributed by atoms with Gasteiger partial charge in [-0.2, -0.15) is 0 Å². The van der Waals surface area contributed by atoms with Crippen molar-refractivity contribution < 1.29 is 4.74 Å². The number of unbranched alkanes of at least 4 members (excludes halogenated alkanes) is 10. The van der Waals surface area contributed by atoms with Crippen LogP contribution in [0.5, 0.6) is 0 Å². The molecule has 0 heterocycles. The Morgan fingerprint density at radius 2 is 1.11 bits per heavy atom. The van der Waals surface area contributed by atoms with E-state index in [1.54, 1.807) is 13.4 Å². The van der Waals surface area contributed by atoms with Gasteiger partial charge in [0.05, 0.1) is 13.4 Å². The fourth-order valence-electron chi connectivity index (χ4n) is 2.13. The lowest BCUT2D eigenvalue weighted by molar-refractivity contribution is 0.336. The first-order valence-corrected chi connectivity index (χ1v) is 8.24. The molecule has 112 valence electrons. The van der Waals surface area contributed by atoms with Gasteiger partial charge < -0.3 is 4.74 Å². The van der Waals surface area contributed by atoms with Gasteiger partial charge in [0.1, 0.15) is 0 Å². The predicted molar refractivity (Wildman–Crippen MR) is 86.4 cm³/mol. The molecule has 0 saturated heterocycles. The first-order chi connectivity index (χ1) is 9.41. The van der Waals surface area contributed by atoms with E-state index in [0.29, 0.717) is 0 Å². The third-order valence-electron chi connectivity index (χ3n) is 3.36. The van der Waals surface area contributed by atoms with Gasteiger partial charge in [-0.15, -0.1) is 0 Å². The van der Waals surface area contributed by atoms with E-state index in [4.69, 9.17) is 4.74 Å². The molecule has 19 heavy (non-hydrogen) atoms. The molecular weight excluding hydrogens is 232 g/mol. The van der Waals surface area contributed by atoms with E-state index in [0.717, 1.165) is 6.42 Å². The zero-order valence-corrected chi connectivity index (χ0v) is 13.2. The van der Waals surface area contributed by atoms with Gasteiger partial charge >= 0.3 is 0 Å². The standard InChI is InChI=1S/C18H34O/c1-3-4-5-6-7-8-9-10-11-12-13-14-15-16-17-18-19-2/h6-7,17-18H,3-5,8-16H2,1-2H3/b7-6+,18-17+. The molecule has 0 fully saturated rings. The Labute approximate surface area is 121 Å². The van der Waals surface area contributed by atoms with Gasteiger partial charge in [-0.05, 0) is 38.2 Å². The Hall–Kier alpha value is -0.720. The molecule has 0 N–H and O–H groups in total. The highest BCUT2D eigenvalue weighted by Crippen LogP contribution is 2.10. The van der Waals surface area contributed by atoms with Crippen molar-refractivity contribution in [2.24, 2.45) is 0 Å². The third-order valence-corrected chi connectivity index (χ3v) is 3.36. The van der Waals surface area contributed by atoms with Gasteiger partial charge in [-0.25, -0.2) is 0 Å². The van der Waals surface area contributed by atoms with E-state index >= 15 is 0 Å². The molecule has 0 aliphatic carbocycles. The largest absolute Gasteiger partial charge is 0.505 e. The van der Waals surface area contributed by atoms with Gasteiger partial charge in [0.25, 0.3) is 0 Å². The summed E-state index contributed by atoms with van der Waals surface area (Å²) in [6, 6.07) is 0. The minimum atomic E-state index is 1.16. The lowest BCUT2D eigenvalue weighted by Crippen LogP contribution is -1.80. The smallest absolute Gasteiger partial charge is 0.0784 e. The van der Waals surface area contributed by atoms with Crippen LogP contribution in [0.2, 0.25) is 0 Å². The van der Waals surface area contributed by atoms with Crippen LogP contribution in [0.1, 0.15) is 84.0 Å². The van der Waals surface area contributed by atoms with Crippen LogP contribution in [-0.4, -0.2) is 7.11 Å². The van der Waals surface area contributed by atoms with Gasteiger partial charge in [0.2, 0.25) is 0 Å². The molecule has 0 rings (SSSR count). The van der Waals surface area contributed by atoms with Crippen molar-refractivity contribution in [2.75, 3.05) is 7.11 Å². The summed E-state index contributed by atoms with van der Waals surface area (Å²) in [5.74, 6) is 0. The highest BCUT2D eigenvalue weighted by Gasteiger charge is 1.90. The summed E-state index contributed by atoms with van der Waals surface area (Å²) in [6.45, 7) is 2.25. The molecule has 0 aliphatic heterocycles. The zero-order valence-electron chi connectivity index (χ0n) is 13.2. The van der Waals surface area contributed by atoms with Crippen LogP contribution in [0, 0.1) is 0 Å². The van der Waals surface area contributed by atoms with E-state index < -0.39 is 0 Å². The Morgan fingerprint density at radius 1 is 0.632 bits per heavy atom. The molecule has 1 nitrogen and oxygen atoms in total. The van der Waals surface area contributed by atoms with Gasteiger partial charge in [-0.3, -0.25) is 0 Å². The molecule has 0 saturated carbocycles. The normalized spacial score (nSPS) is 11.7. The van der Waals surface area contributed by atoms with Crippen LogP contribution in [0.25, 0.3) is 0 Å². The average molecular weight is 266 g/mol. The monoisotopic (exact) mass is 266 g/mol. The fraction of sp³-hybridized carbons (Fsp3) is 0.778. The number of hydrogen-bond acceptors (Lipinski definition) is 1. The minimum Gasteiger partial charge on any atom is -0.505 e. The molecule has 1 heteroatoms. The minimum absolute atomic E-state index is 1.16. The molecule has 0 radical (unpaired) electrons. The molecule has 0 bridgehead atoms. The van der Waals surface area contributed by atoms with Gasteiger partial charge in [0, 0.05) is 0 Å². The number of ether oxygens (including phenoxy) is 1. The second kappa shape index (κ2) is 17.3. The van der Waals surface area contributed by atoms with Crippen LogP contribution in [0.4, 0.5) is 0 Å². The summed E-state index contributed by atoms with van der Waals surface area (Å²) in [6.07, 6.45) is 24.7. The van der Waals surface area contributed by atoms with E-state index in [1.165, 1.54) is 70.6 Å². The van der Waals surface area contributed by atoms with E-state index in [-0.39, 0.29) is 0 Å². The number of methoxy groups -OCH3 is 1. The lowest BCUT2D eigenvalue weighted by atomic mass is 10.1. The van der Waals surface area contributed by atoms with Gasteiger partial charge in [0.15, 0.2) is 0 Å². The summed E-state index contributed by atoms with van der Waals surface area (Å²) in [4.78, 5) is 0. The first kappa shape index (κ1) is 18.3. The summed E-state index contributed by atoms with van der Waals surface area (Å²) in [5, 5.41) is 0. The third kappa shape index (κ3) is 17.3. The van der Waals surface area contributed by atoms with Crippen LogP contribution in [0.3, 0.4) is 0 Å². The molecular formula is C18H34O. The van der Waals surface area contributed by atoms with Crippen molar-refractivity contribution in [1.82, 2.24) is 0 Å². The molecule has 0 aliphatic rings. The Morgan fingerprint density at radius 3 is 1.63 bits per heavy atom. The summed E-state index contributed by atoms with van der Waals surface area (Å²) in [7, 11) is 1.70. The molecule has 0 aromatic carbocycles. The zero-order chi connectivity index (χ0) is 14.0. The fourth-order valence-corrected chi connectivity index (χ4v) is 2.13. The molecule has 0 unspecified atom stereocenters. The van der Waals surface area contributed by atoms with E-state index in [9.17, 15) is 0 Å². The Kier molecular flexibility index (Phi) is 16.6. The second-order valence-electron chi connectivity index (χ2n) is 5.27. The number of allylic oxidation sites excluding steroid dienone is 3.